The number of aliphatic hydroxyl groups is 1. The first-order chi connectivity index (χ1) is 9.97. The number of furan rings is 1. The van der Waals surface area contributed by atoms with Gasteiger partial charge in [0.05, 0.1) is 12.4 Å². The molecule has 2 unspecified atom stereocenters. The van der Waals surface area contributed by atoms with Crippen LogP contribution in [0.5, 0.6) is 0 Å². The fraction of sp³-hybridized carbons (Fsp3) is 0.364. The summed E-state index contributed by atoms with van der Waals surface area (Å²) in [5.41, 5.74) is 0. The molecule has 0 saturated carbocycles. The smallest absolute Gasteiger partial charge is 0.328 e. The van der Waals surface area contributed by atoms with Crippen molar-refractivity contribution in [2.24, 2.45) is 0 Å². The molecule has 2 atom stereocenters. The Hall–Kier alpha value is -2.75. The van der Waals surface area contributed by atoms with E-state index in [0.717, 1.165) is 4.80 Å². The molecule has 0 aliphatic rings. The average Bonchev–Trinajstić information content (AvgIpc) is 3.05. The summed E-state index contributed by atoms with van der Waals surface area (Å²) in [7, 11) is 0. The van der Waals surface area contributed by atoms with Crippen LogP contribution in [0.3, 0.4) is 0 Å². The van der Waals surface area contributed by atoms with Crippen molar-refractivity contribution >= 4 is 11.9 Å². The molecule has 0 saturated heterocycles. The number of carbonyl (C=O) groups is 2. The van der Waals surface area contributed by atoms with Crippen LogP contribution in [0, 0.1) is 0 Å². The molecule has 0 aromatic carbocycles. The van der Waals surface area contributed by atoms with E-state index in [1.54, 1.807) is 12.1 Å². The molecule has 0 bridgehead atoms. The number of nitrogens with one attached hydrogen (secondary N) is 1. The molecule has 2 rings (SSSR count). The standard InChI is InChI=1S/C11H13N5O5/c1-6(17)9(11(19)20)12-8(18)5-16-14-10(13-15-16)7-3-2-4-21-7/h2-4,6,9,17H,5H2,1H3,(H,12,18)(H,19,20). The van der Waals surface area contributed by atoms with Crippen molar-refractivity contribution in [3.05, 3.63) is 18.4 Å². The zero-order chi connectivity index (χ0) is 15.4. The molecule has 2 heterocycles. The number of hydrogen-bond acceptors (Lipinski definition) is 7. The number of carbonyl (C=O) groups excluding carboxylic acids is 1. The van der Waals surface area contributed by atoms with E-state index < -0.39 is 24.0 Å². The highest BCUT2D eigenvalue weighted by atomic mass is 16.4. The van der Waals surface area contributed by atoms with Crippen LogP contribution >= 0.6 is 0 Å². The monoisotopic (exact) mass is 295 g/mol. The molecule has 10 nitrogen and oxygen atoms in total. The van der Waals surface area contributed by atoms with E-state index in [2.05, 4.69) is 20.7 Å². The van der Waals surface area contributed by atoms with Gasteiger partial charge in [-0.3, -0.25) is 4.79 Å². The molecule has 2 aromatic rings. The number of tetrazole rings is 1. The van der Waals surface area contributed by atoms with Crippen LogP contribution in [-0.2, 0) is 16.1 Å². The molecule has 0 fully saturated rings. The van der Waals surface area contributed by atoms with Gasteiger partial charge < -0.3 is 19.9 Å². The SMILES string of the molecule is CC(O)C(NC(=O)Cn1nnc(-c2ccco2)n1)C(=O)O. The van der Waals surface area contributed by atoms with Crippen molar-refractivity contribution in [2.75, 3.05) is 0 Å². The van der Waals surface area contributed by atoms with Crippen LogP contribution in [0.15, 0.2) is 22.8 Å². The van der Waals surface area contributed by atoms with E-state index in [4.69, 9.17) is 9.52 Å². The molecule has 1 amide bonds. The van der Waals surface area contributed by atoms with Gasteiger partial charge in [-0.25, -0.2) is 4.79 Å². The van der Waals surface area contributed by atoms with E-state index in [1.807, 2.05) is 0 Å². The van der Waals surface area contributed by atoms with E-state index in [1.165, 1.54) is 13.2 Å². The second-order valence-electron chi connectivity index (χ2n) is 4.24. The minimum absolute atomic E-state index is 0.207. The Morgan fingerprint density at radius 1 is 1.52 bits per heavy atom. The number of aliphatic hydroxyl groups excluding tert-OH is 1. The van der Waals surface area contributed by atoms with Crippen molar-refractivity contribution in [2.45, 2.75) is 25.6 Å². The van der Waals surface area contributed by atoms with Crippen LogP contribution in [0.25, 0.3) is 11.6 Å². The lowest BCUT2D eigenvalue weighted by atomic mass is 10.2. The minimum Gasteiger partial charge on any atom is -0.480 e. The largest absolute Gasteiger partial charge is 0.480 e. The molecule has 0 aliphatic heterocycles. The number of amides is 1. The highest BCUT2D eigenvalue weighted by Crippen LogP contribution is 2.12. The van der Waals surface area contributed by atoms with E-state index in [0.29, 0.717) is 5.76 Å². The summed E-state index contributed by atoms with van der Waals surface area (Å²) in [6.45, 7) is 0.937. The summed E-state index contributed by atoms with van der Waals surface area (Å²) >= 11 is 0. The number of aromatic nitrogens is 4. The molecular formula is C11H13N5O5. The molecule has 21 heavy (non-hydrogen) atoms. The number of nitrogens with zero attached hydrogens (tertiary/aromatic N) is 4. The maximum absolute atomic E-state index is 11.7. The minimum atomic E-state index is -1.40. The van der Waals surface area contributed by atoms with Gasteiger partial charge in [0.15, 0.2) is 11.8 Å². The lowest BCUT2D eigenvalue weighted by molar-refractivity contribution is -0.144. The Morgan fingerprint density at radius 2 is 2.29 bits per heavy atom. The molecule has 3 N–H and O–H groups in total. The third-order valence-corrected chi connectivity index (χ3v) is 2.54. The Bertz CT molecular complexity index is 621. The fourth-order valence-corrected chi connectivity index (χ4v) is 1.55. The maximum Gasteiger partial charge on any atom is 0.328 e. The van der Waals surface area contributed by atoms with Gasteiger partial charge in [0.1, 0.15) is 6.54 Å². The topological polar surface area (TPSA) is 143 Å². The third kappa shape index (κ3) is 3.63. The lowest BCUT2D eigenvalue weighted by Gasteiger charge is -2.16. The van der Waals surface area contributed by atoms with Crippen molar-refractivity contribution in [1.29, 1.82) is 0 Å². The van der Waals surface area contributed by atoms with Gasteiger partial charge in [-0.05, 0) is 24.3 Å². The Labute approximate surface area is 118 Å². The Kier molecular flexibility index (Phi) is 4.28. The summed E-state index contributed by atoms with van der Waals surface area (Å²) < 4.78 is 5.08. The van der Waals surface area contributed by atoms with Crippen molar-refractivity contribution < 1.29 is 24.2 Å². The normalized spacial score (nSPS) is 13.6. The first-order valence-corrected chi connectivity index (χ1v) is 5.99. The second kappa shape index (κ2) is 6.13. The van der Waals surface area contributed by atoms with E-state index >= 15 is 0 Å². The molecule has 0 aliphatic carbocycles. The van der Waals surface area contributed by atoms with Gasteiger partial charge in [0.2, 0.25) is 11.7 Å². The molecular weight excluding hydrogens is 282 g/mol. The van der Waals surface area contributed by atoms with Crippen molar-refractivity contribution in [3.63, 3.8) is 0 Å². The number of carboxylic acids is 1. The third-order valence-electron chi connectivity index (χ3n) is 2.54. The summed E-state index contributed by atoms with van der Waals surface area (Å²) in [4.78, 5) is 23.5. The summed E-state index contributed by atoms with van der Waals surface area (Å²) in [5, 5.41) is 31.6. The predicted octanol–water partition coefficient (Wildman–Crippen LogP) is -1.12. The number of hydrogen-bond donors (Lipinski definition) is 3. The molecule has 112 valence electrons. The first kappa shape index (κ1) is 14.7. The van der Waals surface area contributed by atoms with Crippen LogP contribution in [0.2, 0.25) is 0 Å². The van der Waals surface area contributed by atoms with Crippen LogP contribution in [0.4, 0.5) is 0 Å². The quantitative estimate of drug-likeness (QED) is 0.608. The highest BCUT2D eigenvalue weighted by molar-refractivity contribution is 5.83. The summed E-state index contributed by atoms with van der Waals surface area (Å²) in [6, 6.07) is 1.89. The average molecular weight is 295 g/mol. The Morgan fingerprint density at radius 3 is 2.86 bits per heavy atom. The number of rotatable bonds is 6. The number of carboxylic acid groups (broad SMARTS) is 1. The van der Waals surface area contributed by atoms with Gasteiger partial charge in [-0.15, -0.1) is 10.2 Å². The van der Waals surface area contributed by atoms with Gasteiger partial charge >= 0.3 is 5.97 Å². The molecule has 10 heteroatoms. The van der Waals surface area contributed by atoms with E-state index in [-0.39, 0.29) is 12.4 Å². The number of aliphatic carboxylic acids is 1. The van der Waals surface area contributed by atoms with Crippen LogP contribution in [-0.4, -0.2) is 54.4 Å². The second-order valence-corrected chi connectivity index (χ2v) is 4.24. The van der Waals surface area contributed by atoms with Gasteiger partial charge in [-0.1, -0.05) is 0 Å². The first-order valence-electron chi connectivity index (χ1n) is 5.99. The van der Waals surface area contributed by atoms with Gasteiger partial charge in [-0.2, -0.15) is 4.80 Å². The van der Waals surface area contributed by atoms with Crippen molar-refractivity contribution in [3.8, 4) is 11.6 Å². The fourth-order valence-electron chi connectivity index (χ4n) is 1.55. The summed E-state index contributed by atoms with van der Waals surface area (Å²) in [5.74, 6) is -1.39. The predicted molar refractivity (Wildman–Crippen MR) is 66.8 cm³/mol. The molecule has 0 spiro atoms. The lowest BCUT2D eigenvalue weighted by Crippen LogP contribution is -2.48. The maximum atomic E-state index is 11.7. The molecule has 0 radical (unpaired) electrons. The molecule has 2 aromatic heterocycles. The van der Waals surface area contributed by atoms with Crippen LogP contribution in [0.1, 0.15) is 6.92 Å². The zero-order valence-electron chi connectivity index (χ0n) is 11.0. The van der Waals surface area contributed by atoms with Crippen LogP contribution < -0.4 is 5.32 Å². The van der Waals surface area contributed by atoms with Crippen molar-refractivity contribution in [1.82, 2.24) is 25.5 Å². The van der Waals surface area contributed by atoms with Gasteiger partial charge in [0.25, 0.3) is 0 Å². The van der Waals surface area contributed by atoms with E-state index in [9.17, 15) is 14.7 Å². The van der Waals surface area contributed by atoms with Gasteiger partial charge in [0, 0.05) is 0 Å². The Balaban J connectivity index is 1.98. The highest BCUT2D eigenvalue weighted by Gasteiger charge is 2.25. The summed E-state index contributed by atoms with van der Waals surface area (Å²) in [6.07, 6.45) is 0.219. The zero-order valence-corrected chi connectivity index (χ0v) is 11.0.